The highest BCUT2D eigenvalue weighted by molar-refractivity contribution is 5.28. The minimum atomic E-state index is -0.244. The van der Waals surface area contributed by atoms with Gasteiger partial charge in [0.2, 0.25) is 0 Å². The molecule has 0 amide bonds. The monoisotopic (exact) mass is 218 g/mol. The van der Waals surface area contributed by atoms with Crippen LogP contribution in [0.2, 0.25) is 0 Å². The number of phenolic OH excluding ortho intramolecular Hbond substituents is 1. The fourth-order valence-corrected chi connectivity index (χ4v) is 1.56. The molecule has 0 fully saturated rings. The summed E-state index contributed by atoms with van der Waals surface area (Å²) in [6.07, 6.45) is 2.78. The topological polar surface area (TPSA) is 40.5 Å². The molecule has 0 aromatic heterocycles. The molecule has 2 nitrogen and oxygen atoms in total. The van der Waals surface area contributed by atoms with Gasteiger partial charge in [-0.2, -0.15) is 0 Å². The van der Waals surface area contributed by atoms with Crippen LogP contribution in [0.15, 0.2) is 24.3 Å². The second-order valence-corrected chi connectivity index (χ2v) is 4.65. The standard InChI is InChI=1S/C14H18O2/c1-11(2)14(3,8-9-15)10-12-4-6-13(16)7-5-12/h4-7,11,15-16H,10H2,1-3H3. The highest BCUT2D eigenvalue weighted by atomic mass is 16.3. The van der Waals surface area contributed by atoms with Crippen LogP contribution in [0.3, 0.4) is 0 Å². The Morgan fingerprint density at radius 2 is 1.81 bits per heavy atom. The smallest absolute Gasteiger partial charge is 0.115 e. The van der Waals surface area contributed by atoms with E-state index in [4.69, 9.17) is 5.11 Å². The predicted molar refractivity (Wildman–Crippen MR) is 64.5 cm³/mol. The first kappa shape index (κ1) is 12.4. The number of aromatic hydroxyl groups is 1. The molecule has 1 atom stereocenters. The third-order valence-electron chi connectivity index (χ3n) is 3.12. The third kappa shape index (κ3) is 2.93. The zero-order valence-electron chi connectivity index (χ0n) is 9.99. The van der Waals surface area contributed by atoms with E-state index in [1.165, 1.54) is 0 Å². The molecule has 0 aliphatic rings. The molecular formula is C14H18O2. The van der Waals surface area contributed by atoms with Crippen LogP contribution in [-0.4, -0.2) is 10.2 Å². The van der Waals surface area contributed by atoms with Gasteiger partial charge in [0.25, 0.3) is 0 Å². The number of benzene rings is 1. The Balaban J connectivity index is 2.91. The summed E-state index contributed by atoms with van der Waals surface area (Å²) < 4.78 is 0. The summed E-state index contributed by atoms with van der Waals surface area (Å²) in [5.74, 6) is 3.48. The van der Waals surface area contributed by atoms with Gasteiger partial charge in [-0.1, -0.05) is 31.9 Å². The zero-order valence-corrected chi connectivity index (χ0v) is 9.99. The summed E-state index contributed by atoms with van der Waals surface area (Å²) in [6, 6.07) is 7.11. The van der Waals surface area contributed by atoms with Crippen molar-refractivity contribution < 1.29 is 10.2 Å². The molecular weight excluding hydrogens is 200 g/mol. The van der Waals surface area contributed by atoms with Gasteiger partial charge >= 0.3 is 0 Å². The van der Waals surface area contributed by atoms with Crippen molar-refractivity contribution in [3.63, 3.8) is 0 Å². The van der Waals surface area contributed by atoms with E-state index in [1.807, 2.05) is 25.2 Å². The molecule has 2 heteroatoms. The average Bonchev–Trinajstić information content (AvgIpc) is 2.22. The Kier molecular flexibility index (Phi) is 3.84. The van der Waals surface area contributed by atoms with E-state index in [0.717, 1.165) is 12.0 Å². The molecule has 0 saturated carbocycles. The molecule has 0 aliphatic heterocycles. The van der Waals surface area contributed by atoms with E-state index in [9.17, 15) is 5.11 Å². The SMILES string of the molecule is CC(C)C(C)(C#CO)Cc1ccc(O)cc1. The lowest BCUT2D eigenvalue weighted by molar-refractivity contribution is 0.308. The molecule has 1 rings (SSSR count). The molecule has 0 bridgehead atoms. The van der Waals surface area contributed by atoms with Crippen molar-refractivity contribution in [3.05, 3.63) is 29.8 Å². The van der Waals surface area contributed by atoms with Crippen molar-refractivity contribution in [3.8, 4) is 17.8 Å². The quantitative estimate of drug-likeness (QED) is 0.766. The molecule has 1 aromatic carbocycles. The minimum Gasteiger partial charge on any atom is -0.508 e. The van der Waals surface area contributed by atoms with Crippen molar-refractivity contribution in [1.82, 2.24) is 0 Å². The summed E-state index contributed by atoms with van der Waals surface area (Å²) >= 11 is 0. The van der Waals surface area contributed by atoms with Crippen LogP contribution < -0.4 is 0 Å². The maximum atomic E-state index is 9.20. The molecule has 1 aromatic rings. The molecule has 86 valence electrons. The zero-order chi connectivity index (χ0) is 12.2. The summed E-state index contributed by atoms with van der Waals surface area (Å²) in [4.78, 5) is 0. The van der Waals surface area contributed by atoms with E-state index >= 15 is 0 Å². The van der Waals surface area contributed by atoms with Crippen LogP contribution in [0.25, 0.3) is 0 Å². The molecule has 2 N–H and O–H groups in total. The molecule has 0 aliphatic carbocycles. The van der Waals surface area contributed by atoms with E-state index < -0.39 is 0 Å². The second-order valence-electron chi connectivity index (χ2n) is 4.65. The van der Waals surface area contributed by atoms with Gasteiger partial charge in [-0.25, -0.2) is 0 Å². The van der Waals surface area contributed by atoms with E-state index in [2.05, 4.69) is 19.8 Å². The molecule has 1 unspecified atom stereocenters. The van der Waals surface area contributed by atoms with E-state index in [-0.39, 0.29) is 11.2 Å². The summed E-state index contributed by atoms with van der Waals surface area (Å²) in [6.45, 7) is 6.21. The van der Waals surface area contributed by atoms with Crippen LogP contribution in [0, 0.1) is 23.4 Å². The third-order valence-corrected chi connectivity index (χ3v) is 3.12. The Morgan fingerprint density at radius 1 is 1.25 bits per heavy atom. The average molecular weight is 218 g/mol. The van der Waals surface area contributed by atoms with Crippen LogP contribution in [0.4, 0.5) is 0 Å². The number of hydrogen-bond donors (Lipinski definition) is 2. The normalized spacial score (nSPS) is 14.0. The number of aliphatic hydroxyl groups is 1. The van der Waals surface area contributed by atoms with Crippen LogP contribution >= 0.6 is 0 Å². The summed E-state index contributed by atoms with van der Waals surface area (Å²) in [5.41, 5.74) is 0.864. The van der Waals surface area contributed by atoms with Crippen molar-refractivity contribution in [2.45, 2.75) is 27.2 Å². The van der Waals surface area contributed by atoms with Gasteiger partial charge in [0.15, 0.2) is 0 Å². The summed E-state index contributed by atoms with van der Waals surface area (Å²) in [7, 11) is 0. The Morgan fingerprint density at radius 3 is 2.25 bits per heavy atom. The highest BCUT2D eigenvalue weighted by Gasteiger charge is 2.26. The van der Waals surface area contributed by atoms with Gasteiger partial charge < -0.3 is 10.2 Å². The Labute approximate surface area is 96.9 Å². The maximum absolute atomic E-state index is 9.20. The van der Waals surface area contributed by atoms with Gasteiger partial charge in [0, 0.05) is 5.41 Å². The first-order valence-electron chi connectivity index (χ1n) is 5.42. The van der Waals surface area contributed by atoms with Gasteiger partial charge in [0.05, 0.1) is 0 Å². The summed E-state index contributed by atoms with van der Waals surface area (Å²) in [5, 5.41) is 18.0. The molecule has 0 spiro atoms. The molecule has 0 radical (unpaired) electrons. The van der Waals surface area contributed by atoms with Gasteiger partial charge in [0.1, 0.15) is 11.9 Å². The first-order chi connectivity index (χ1) is 7.48. The lowest BCUT2D eigenvalue weighted by Crippen LogP contribution is -2.24. The Hall–Kier alpha value is -1.62. The lowest BCUT2D eigenvalue weighted by Gasteiger charge is -2.27. The van der Waals surface area contributed by atoms with Gasteiger partial charge in [-0.05, 0) is 37.0 Å². The highest BCUT2D eigenvalue weighted by Crippen LogP contribution is 2.30. The second kappa shape index (κ2) is 4.94. The number of phenols is 1. The van der Waals surface area contributed by atoms with E-state index in [0.29, 0.717) is 5.92 Å². The van der Waals surface area contributed by atoms with Crippen LogP contribution in [-0.2, 0) is 6.42 Å². The van der Waals surface area contributed by atoms with Gasteiger partial charge in [-0.3, -0.25) is 0 Å². The fourth-order valence-electron chi connectivity index (χ4n) is 1.56. The molecule has 0 heterocycles. The Bertz CT molecular complexity index is 395. The van der Waals surface area contributed by atoms with Crippen molar-refractivity contribution in [2.24, 2.45) is 11.3 Å². The number of hydrogen-bond acceptors (Lipinski definition) is 2. The minimum absolute atomic E-state index is 0.244. The fraction of sp³-hybridized carbons (Fsp3) is 0.429. The largest absolute Gasteiger partial charge is 0.508 e. The number of rotatable bonds is 3. The van der Waals surface area contributed by atoms with Crippen LogP contribution in [0.5, 0.6) is 5.75 Å². The first-order valence-corrected chi connectivity index (χ1v) is 5.42. The number of aliphatic hydroxyl groups excluding tert-OH is 1. The molecule has 0 saturated heterocycles. The van der Waals surface area contributed by atoms with Crippen LogP contribution in [0.1, 0.15) is 26.3 Å². The predicted octanol–water partition coefficient (Wildman–Crippen LogP) is 2.93. The van der Waals surface area contributed by atoms with Crippen molar-refractivity contribution in [2.75, 3.05) is 0 Å². The van der Waals surface area contributed by atoms with Crippen molar-refractivity contribution >= 4 is 0 Å². The van der Waals surface area contributed by atoms with E-state index in [1.54, 1.807) is 12.1 Å². The lowest BCUT2D eigenvalue weighted by atomic mass is 9.75. The maximum Gasteiger partial charge on any atom is 0.115 e. The molecule has 16 heavy (non-hydrogen) atoms. The van der Waals surface area contributed by atoms with Gasteiger partial charge in [-0.15, -0.1) is 0 Å². The van der Waals surface area contributed by atoms with Crippen molar-refractivity contribution in [1.29, 1.82) is 0 Å².